The zero-order chi connectivity index (χ0) is 7.21. The molecule has 2 N–H and O–H groups in total. The van der Waals surface area contributed by atoms with E-state index in [9.17, 15) is 0 Å². The minimum absolute atomic E-state index is 2.00. The Balaban J connectivity index is 0. The Kier molecular flexibility index (Phi) is 6.98. The molecule has 0 saturated heterocycles. The second-order valence-corrected chi connectivity index (χ2v) is 1.61. The molecule has 0 saturated carbocycles. The molecule has 0 radical (unpaired) electrons. The van der Waals surface area contributed by atoms with Gasteiger partial charge in [-0.2, -0.15) is 8.42 Å². The third-order valence-electron chi connectivity index (χ3n) is 0. The van der Waals surface area contributed by atoms with Crippen molar-refractivity contribution < 1.29 is 33.8 Å². The zero-order valence-corrected chi connectivity index (χ0v) is 5.25. The molecule has 0 spiro atoms. The molecule has 0 aromatic rings. The number of hydrogen-bond acceptors (Lipinski definition) is 4. The molecule has 6 nitrogen and oxygen atoms in total. The van der Waals surface area contributed by atoms with Gasteiger partial charge < -0.3 is 0 Å². The van der Waals surface area contributed by atoms with Crippen LogP contribution in [0.15, 0.2) is 4.19 Å². The van der Waals surface area contributed by atoms with Crippen LogP contribution in [0.5, 0.6) is 0 Å². The molecule has 8 heavy (non-hydrogen) atoms. The molecule has 0 rings (SSSR count). The molecule has 0 aliphatic carbocycles. The van der Waals surface area contributed by atoms with Crippen LogP contribution >= 0.6 is 0 Å². The van der Waals surface area contributed by atoms with Crippen molar-refractivity contribution in [2.45, 2.75) is 0 Å². The summed E-state index contributed by atoms with van der Waals surface area (Å²) in [5, 5.41) is 0. The van der Waals surface area contributed by atoms with Crippen LogP contribution in [0, 0.1) is 4.91 Å². The van der Waals surface area contributed by atoms with Crippen molar-refractivity contribution in [3.63, 3.8) is 0 Å². The first-order valence-electron chi connectivity index (χ1n) is 1.04. The van der Waals surface area contributed by atoms with Gasteiger partial charge in [0.15, 0.2) is 0 Å². The number of rotatable bonds is 0. The Hall–Kier alpha value is -0.0105. The van der Waals surface area contributed by atoms with Crippen LogP contribution in [0.3, 0.4) is 0 Å². The predicted molar refractivity (Wildman–Crippen MR) is 20.0 cm³/mol. The van der Waals surface area contributed by atoms with Crippen LogP contribution in [0.25, 0.3) is 0 Å². The Labute approximate surface area is 53.9 Å². The van der Waals surface area contributed by atoms with Crippen molar-refractivity contribution in [3.05, 3.63) is 4.91 Å². The first kappa shape index (κ1) is 10.9. The van der Waals surface area contributed by atoms with Gasteiger partial charge in [-0.25, -0.2) is 0 Å². The van der Waals surface area contributed by atoms with Gasteiger partial charge in [0, 0.05) is 0 Å². The second kappa shape index (κ2) is 5.13. The molecule has 0 amide bonds. The van der Waals surface area contributed by atoms with E-state index in [1.807, 2.05) is 4.19 Å². The Bertz CT molecular complexity index is 127. The number of hydrogen-bond donors (Lipinski definition) is 2. The first-order chi connectivity index (χ1) is 3.41. The molecule has 0 fully saturated rings. The normalized spacial score (nSPS) is 8.88. The summed E-state index contributed by atoms with van der Waals surface area (Å²) in [7, 11) is -4.67. The quantitative estimate of drug-likeness (QED) is 0.301. The molecule has 0 aliphatic rings. The topological polar surface area (TPSA) is 104 Å². The van der Waals surface area contributed by atoms with E-state index < -0.39 is 10.4 Å². The summed E-state index contributed by atoms with van der Waals surface area (Å²) < 4.78 is 33.6. The van der Waals surface area contributed by atoms with Gasteiger partial charge in [0.25, 0.3) is 0 Å². The fraction of sp³-hybridized carbons (Fsp3) is 0. The van der Waals surface area contributed by atoms with E-state index in [-0.39, 0.29) is 0 Å². The third kappa shape index (κ3) is 1350000. The molecule has 0 atom stereocenters. The summed E-state index contributed by atoms with van der Waals surface area (Å²) in [4.78, 5) is 8.44. The predicted octanol–water partition coefficient (Wildman–Crippen LogP) is -0.438. The SMILES string of the molecule is O=S(=O)(O)O.O=[N][Fe]. The second-order valence-electron chi connectivity index (χ2n) is 0.512. The molecular formula is H2FeNO5S. The van der Waals surface area contributed by atoms with Crippen molar-refractivity contribution in [3.8, 4) is 0 Å². The maximum absolute atomic E-state index is 8.74. The fourth-order valence-electron chi connectivity index (χ4n) is 0. The summed E-state index contributed by atoms with van der Waals surface area (Å²) in [5.41, 5.74) is 0. The van der Waals surface area contributed by atoms with E-state index in [1.54, 1.807) is 0 Å². The van der Waals surface area contributed by atoms with Gasteiger partial charge in [-0.1, -0.05) is 0 Å². The van der Waals surface area contributed by atoms with Crippen molar-refractivity contribution >= 4 is 10.4 Å². The van der Waals surface area contributed by atoms with Crippen LogP contribution < -0.4 is 0 Å². The van der Waals surface area contributed by atoms with Gasteiger partial charge in [0.05, 0.1) is 0 Å². The standard InChI is InChI=1S/Fe.NO.H2O4S/c;1-2;1-5(2,3)4/h;;(H2,1,2,3,4)/q+1;-1;. The maximum atomic E-state index is 8.74. The molecule has 0 aromatic carbocycles. The van der Waals surface area contributed by atoms with E-state index in [4.69, 9.17) is 22.4 Å². The summed E-state index contributed by atoms with van der Waals surface area (Å²) in [5.74, 6) is 0. The van der Waals surface area contributed by atoms with E-state index in [1.165, 1.54) is 0 Å². The molecule has 8 heteroatoms. The molecule has 0 aliphatic heterocycles. The van der Waals surface area contributed by atoms with Crippen molar-refractivity contribution in [2.24, 2.45) is 4.19 Å². The van der Waals surface area contributed by atoms with Gasteiger partial charge in [-0.05, 0) is 0 Å². The zero-order valence-electron chi connectivity index (χ0n) is 3.33. The molecular weight excluding hydrogens is 182 g/mol. The first-order valence-corrected chi connectivity index (χ1v) is 2.93. The van der Waals surface area contributed by atoms with Crippen molar-refractivity contribution in [2.75, 3.05) is 0 Å². The van der Waals surface area contributed by atoms with E-state index in [0.29, 0.717) is 0 Å². The summed E-state index contributed by atoms with van der Waals surface area (Å²) >= 11 is 2.56. The van der Waals surface area contributed by atoms with E-state index >= 15 is 0 Å². The third-order valence-corrected chi connectivity index (χ3v) is 0. The van der Waals surface area contributed by atoms with Gasteiger partial charge in [0.2, 0.25) is 0 Å². The van der Waals surface area contributed by atoms with Gasteiger partial charge in [-0.15, -0.1) is 0 Å². The Morgan fingerprint density at radius 1 is 1.38 bits per heavy atom. The summed E-state index contributed by atoms with van der Waals surface area (Å²) in [6.45, 7) is 0. The number of nitroso groups, excluding NO2 is 1. The monoisotopic (exact) mass is 184 g/mol. The molecule has 51 valence electrons. The van der Waals surface area contributed by atoms with Crippen LogP contribution in [0.4, 0.5) is 0 Å². The summed E-state index contributed by atoms with van der Waals surface area (Å²) in [6, 6.07) is 0. The van der Waals surface area contributed by atoms with Gasteiger partial charge in [0.1, 0.15) is 0 Å². The van der Waals surface area contributed by atoms with Crippen molar-refractivity contribution in [1.82, 2.24) is 0 Å². The van der Waals surface area contributed by atoms with Gasteiger partial charge in [-0.3, -0.25) is 9.11 Å². The molecule has 0 unspecified atom stereocenters. The van der Waals surface area contributed by atoms with E-state index in [0.717, 1.165) is 0 Å². The molecule has 0 aromatic heterocycles. The van der Waals surface area contributed by atoms with Crippen molar-refractivity contribution in [1.29, 1.82) is 0 Å². The fourth-order valence-corrected chi connectivity index (χ4v) is 0. The summed E-state index contributed by atoms with van der Waals surface area (Å²) in [6.07, 6.45) is 0. The molecule has 0 heterocycles. The van der Waals surface area contributed by atoms with Crippen LogP contribution in [0.2, 0.25) is 0 Å². The van der Waals surface area contributed by atoms with Crippen LogP contribution in [0.1, 0.15) is 0 Å². The van der Waals surface area contributed by atoms with Crippen LogP contribution in [-0.4, -0.2) is 17.5 Å². The number of nitrogens with zero attached hydrogens (tertiary/aromatic N) is 1. The molecule has 0 bridgehead atoms. The Morgan fingerprint density at radius 3 is 1.38 bits per heavy atom. The Morgan fingerprint density at radius 2 is 1.38 bits per heavy atom. The van der Waals surface area contributed by atoms with E-state index in [2.05, 4.69) is 16.2 Å². The average Bonchev–Trinajstić information content (AvgIpc) is 1.27. The average molecular weight is 184 g/mol. The van der Waals surface area contributed by atoms with Crippen LogP contribution in [-0.2, 0) is 26.6 Å². The van der Waals surface area contributed by atoms with Gasteiger partial charge >= 0.3 is 35.7 Å². The minimum atomic E-state index is -4.67.